The topological polar surface area (TPSA) is 44.9 Å². The van der Waals surface area contributed by atoms with Crippen LogP contribution in [0.15, 0.2) is 42.7 Å². The van der Waals surface area contributed by atoms with Crippen molar-refractivity contribution >= 4 is 17.7 Å². The number of carbonyl (C=O) groups is 1. The minimum atomic E-state index is 0.0823. The number of hydrogen-bond donors (Lipinski definition) is 2. The summed E-state index contributed by atoms with van der Waals surface area (Å²) in [6.07, 6.45) is 3.74. The fourth-order valence-corrected chi connectivity index (χ4v) is 2.59. The standard InChI is InChI=1S/C15H18N2OS/c1-12-3-2-4-13(7-12)10-19-11-15(18)17-9-14-5-6-16-8-14/h2-8,16H,9-11H2,1H3,(H,17,18). The van der Waals surface area contributed by atoms with Crippen molar-refractivity contribution in [3.63, 3.8) is 0 Å². The maximum atomic E-state index is 11.7. The predicted octanol–water partition coefficient (Wildman–Crippen LogP) is 2.87. The van der Waals surface area contributed by atoms with Crippen LogP contribution in [0.25, 0.3) is 0 Å². The van der Waals surface area contributed by atoms with Gasteiger partial charge in [-0.05, 0) is 24.1 Å². The van der Waals surface area contributed by atoms with Gasteiger partial charge in [0, 0.05) is 24.7 Å². The largest absolute Gasteiger partial charge is 0.367 e. The molecule has 4 heteroatoms. The summed E-state index contributed by atoms with van der Waals surface area (Å²) >= 11 is 1.64. The average Bonchev–Trinajstić information content (AvgIpc) is 2.89. The molecule has 1 aromatic heterocycles. The van der Waals surface area contributed by atoms with Gasteiger partial charge >= 0.3 is 0 Å². The zero-order chi connectivity index (χ0) is 13.5. The van der Waals surface area contributed by atoms with Crippen LogP contribution >= 0.6 is 11.8 Å². The molecule has 0 aliphatic rings. The van der Waals surface area contributed by atoms with Crippen molar-refractivity contribution in [1.82, 2.24) is 10.3 Å². The Morgan fingerprint density at radius 2 is 2.21 bits per heavy atom. The highest BCUT2D eigenvalue weighted by atomic mass is 32.2. The first-order chi connectivity index (χ1) is 9.24. The molecule has 0 aliphatic carbocycles. The molecule has 100 valence electrons. The van der Waals surface area contributed by atoms with Crippen molar-refractivity contribution in [2.45, 2.75) is 19.2 Å². The van der Waals surface area contributed by atoms with E-state index in [0.717, 1.165) is 11.3 Å². The Balaban J connectivity index is 1.66. The zero-order valence-corrected chi connectivity index (χ0v) is 11.8. The fourth-order valence-electron chi connectivity index (χ4n) is 1.78. The minimum absolute atomic E-state index is 0.0823. The van der Waals surface area contributed by atoms with Gasteiger partial charge in [-0.2, -0.15) is 0 Å². The molecule has 0 saturated carbocycles. The second-order valence-electron chi connectivity index (χ2n) is 4.48. The highest BCUT2D eigenvalue weighted by molar-refractivity contribution is 7.99. The third-order valence-electron chi connectivity index (χ3n) is 2.74. The van der Waals surface area contributed by atoms with E-state index in [9.17, 15) is 4.79 Å². The van der Waals surface area contributed by atoms with Gasteiger partial charge in [0.15, 0.2) is 0 Å². The van der Waals surface area contributed by atoms with Crippen LogP contribution in [0.5, 0.6) is 0 Å². The normalized spacial score (nSPS) is 10.4. The highest BCUT2D eigenvalue weighted by Crippen LogP contribution is 2.13. The molecule has 19 heavy (non-hydrogen) atoms. The Labute approximate surface area is 117 Å². The van der Waals surface area contributed by atoms with Crippen molar-refractivity contribution in [3.05, 3.63) is 59.4 Å². The van der Waals surface area contributed by atoms with E-state index in [1.807, 2.05) is 18.5 Å². The van der Waals surface area contributed by atoms with E-state index in [1.54, 1.807) is 11.8 Å². The lowest BCUT2D eigenvalue weighted by Gasteiger charge is -2.04. The Kier molecular flexibility index (Phi) is 5.10. The Morgan fingerprint density at radius 1 is 1.32 bits per heavy atom. The van der Waals surface area contributed by atoms with Gasteiger partial charge in [-0.25, -0.2) is 0 Å². The number of H-pyrrole nitrogens is 1. The molecule has 0 spiro atoms. The second kappa shape index (κ2) is 7.04. The molecule has 3 nitrogen and oxygen atoms in total. The number of nitrogens with one attached hydrogen (secondary N) is 2. The molecule has 0 unspecified atom stereocenters. The van der Waals surface area contributed by atoms with E-state index in [4.69, 9.17) is 0 Å². The summed E-state index contributed by atoms with van der Waals surface area (Å²) in [6.45, 7) is 2.67. The number of amides is 1. The van der Waals surface area contributed by atoms with Crippen LogP contribution in [0.1, 0.15) is 16.7 Å². The number of aromatic amines is 1. The molecular weight excluding hydrogens is 256 g/mol. The van der Waals surface area contributed by atoms with Gasteiger partial charge < -0.3 is 10.3 Å². The number of hydrogen-bond acceptors (Lipinski definition) is 2. The third kappa shape index (κ3) is 4.83. The van der Waals surface area contributed by atoms with Crippen LogP contribution in [0.4, 0.5) is 0 Å². The SMILES string of the molecule is Cc1cccc(CSCC(=O)NCc2cc[nH]c2)c1. The first-order valence-electron chi connectivity index (χ1n) is 6.26. The van der Waals surface area contributed by atoms with E-state index >= 15 is 0 Å². The quantitative estimate of drug-likeness (QED) is 0.850. The summed E-state index contributed by atoms with van der Waals surface area (Å²) in [5, 5.41) is 2.90. The average molecular weight is 274 g/mol. The summed E-state index contributed by atoms with van der Waals surface area (Å²) in [5.74, 6) is 1.45. The summed E-state index contributed by atoms with van der Waals surface area (Å²) in [7, 11) is 0. The lowest BCUT2D eigenvalue weighted by atomic mass is 10.2. The summed E-state index contributed by atoms with van der Waals surface area (Å²) in [5.41, 5.74) is 3.62. The first-order valence-corrected chi connectivity index (χ1v) is 7.41. The monoisotopic (exact) mass is 274 g/mol. The van der Waals surface area contributed by atoms with Crippen molar-refractivity contribution < 1.29 is 4.79 Å². The minimum Gasteiger partial charge on any atom is -0.367 e. The maximum Gasteiger partial charge on any atom is 0.230 e. The van der Waals surface area contributed by atoms with Crippen molar-refractivity contribution in [3.8, 4) is 0 Å². The fraction of sp³-hybridized carbons (Fsp3) is 0.267. The van der Waals surface area contributed by atoms with Crippen LogP contribution in [0.3, 0.4) is 0 Å². The molecule has 2 rings (SSSR count). The van der Waals surface area contributed by atoms with Gasteiger partial charge in [0.1, 0.15) is 0 Å². The number of rotatable bonds is 6. The van der Waals surface area contributed by atoms with E-state index in [1.165, 1.54) is 11.1 Å². The number of aromatic nitrogens is 1. The second-order valence-corrected chi connectivity index (χ2v) is 5.46. The molecule has 0 radical (unpaired) electrons. The van der Waals surface area contributed by atoms with Gasteiger partial charge in [-0.1, -0.05) is 29.8 Å². The number of thioether (sulfide) groups is 1. The number of carbonyl (C=O) groups excluding carboxylic acids is 1. The predicted molar refractivity (Wildman–Crippen MR) is 80.0 cm³/mol. The first kappa shape index (κ1) is 13.7. The molecule has 1 amide bonds. The molecule has 2 N–H and O–H groups in total. The van der Waals surface area contributed by atoms with Gasteiger partial charge in [-0.15, -0.1) is 11.8 Å². The van der Waals surface area contributed by atoms with Gasteiger partial charge in [0.25, 0.3) is 0 Å². The molecule has 0 bridgehead atoms. The van der Waals surface area contributed by atoms with Crippen LogP contribution in [-0.2, 0) is 17.1 Å². The molecule has 0 fully saturated rings. The summed E-state index contributed by atoms with van der Waals surface area (Å²) in [6, 6.07) is 10.3. The number of aryl methyl sites for hydroxylation is 1. The van der Waals surface area contributed by atoms with Crippen molar-refractivity contribution in [1.29, 1.82) is 0 Å². The van der Waals surface area contributed by atoms with Crippen LogP contribution in [-0.4, -0.2) is 16.6 Å². The van der Waals surface area contributed by atoms with E-state index < -0.39 is 0 Å². The van der Waals surface area contributed by atoms with Crippen molar-refractivity contribution in [2.75, 3.05) is 5.75 Å². The Bertz CT molecular complexity index is 523. The highest BCUT2D eigenvalue weighted by Gasteiger charge is 2.02. The smallest absolute Gasteiger partial charge is 0.230 e. The lowest BCUT2D eigenvalue weighted by Crippen LogP contribution is -2.24. The third-order valence-corrected chi connectivity index (χ3v) is 3.74. The van der Waals surface area contributed by atoms with E-state index in [0.29, 0.717) is 12.3 Å². The lowest BCUT2D eigenvalue weighted by molar-refractivity contribution is -0.118. The van der Waals surface area contributed by atoms with Crippen LogP contribution < -0.4 is 5.32 Å². The van der Waals surface area contributed by atoms with Gasteiger partial charge in [-0.3, -0.25) is 4.79 Å². The molecular formula is C15H18N2OS. The van der Waals surface area contributed by atoms with E-state index in [2.05, 4.69) is 41.5 Å². The summed E-state index contributed by atoms with van der Waals surface area (Å²) in [4.78, 5) is 14.6. The van der Waals surface area contributed by atoms with Gasteiger partial charge in [0.2, 0.25) is 5.91 Å². The van der Waals surface area contributed by atoms with Crippen LogP contribution in [0.2, 0.25) is 0 Å². The molecule has 2 aromatic rings. The van der Waals surface area contributed by atoms with Gasteiger partial charge in [0.05, 0.1) is 5.75 Å². The Morgan fingerprint density at radius 3 is 2.95 bits per heavy atom. The zero-order valence-electron chi connectivity index (χ0n) is 11.0. The molecule has 0 saturated heterocycles. The van der Waals surface area contributed by atoms with Crippen LogP contribution in [0, 0.1) is 6.92 Å². The van der Waals surface area contributed by atoms with E-state index in [-0.39, 0.29) is 5.91 Å². The summed E-state index contributed by atoms with van der Waals surface area (Å²) < 4.78 is 0. The number of benzene rings is 1. The molecule has 1 heterocycles. The molecule has 0 atom stereocenters. The Hall–Kier alpha value is -1.68. The molecule has 1 aromatic carbocycles. The maximum absolute atomic E-state index is 11.7. The molecule has 0 aliphatic heterocycles. The van der Waals surface area contributed by atoms with Crippen molar-refractivity contribution in [2.24, 2.45) is 0 Å².